The number of aromatic nitrogens is 1. The summed E-state index contributed by atoms with van der Waals surface area (Å²) < 4.78 is 11.7. The molecule has 3 heterocycles. The number of benzene rings is 2. The maximum absolute atomic E-state index is 13.7. The summed E-state index contributed by atoms with van der Waals surface area (Å²) in [4.78, 5) is 34.4. The van der Waals surface area contributed by atoms with E-state index in [-0.39, 0.29) is 30.4 Å². The van der Waals surface area contributed by atoms with E-state index in [0.29, 0.717) is 35.3 Å². The zero-order valence-corrected chi connectivity index (χ0v) is 23.4. The second kappa shape index (κ2) is 11.2. The van der Waals surface area contributed by atoms with E-state index >= 15 is 0 Å². The number of anilines is 1. The molecule has 0 aliphatic carbocycles. The Morgan fingerprint density at radius 1 is 1.03 bits per heavy atom. The van der Waals surface area contributed by atoms with Crippen molar-refractivity contribution in [2.24, 2.45) is 0 Å². The van der Waals surface area contributed by atoms with E-state index in [1.807, 2.05) is 74.2 Å². The van der Waals surface area contributed by atoms with Crippen LogP contribution >= 0.6 is 11.6 Å². The van der Waals surface area contributed by atoms with E-state index in [4.69, 9.17) is 26.1 Å². The summed E-state index contributed by atoms with van der Waals surface area (Å²) in [5.74, 6) is 1.23. The fraction of sp³-hybridized carbons (Fsp3) is 0.367. The van der Waals surface area contributed by atoms with Crippen molar-refractivity contribution < 1.29 is 19.1 Å². The van der Waals surface area contributed by atoms with Gasteiger partial charge in [-0.2, -0.15) is 0 Å². The summed E-state index contributed by atoms with van der Waals surface area (Å²) in [5, 5.41) is 3.72. The van der Waals surface area contributed by atoms with Gasteiger partial charge in [0.25, 0.3) is 0 Å². The van der Waals surface area contributed by atoms with E-state index in [0.717, 1.165) is 28.9 Å². The highest BCUT2D eigenvalue weighted by molar-refractivity contribution is 6.30. The van der Waals surface area contributed by atoms with Gasteiger partial charge in [0.1, 0.15) is 0 Å². The van der Waals surface area contributed by atoms with E-state index in [9.17, 15) is 9.59 Å². The molecule has 0 radical (unpaired) electrons. The van der Waals surface area contributed by atoms with Gasteiger partial charge in [0.05, 0.1) is 55.8 Å². The minimum Gasteiger partial charge on any atom is -0.493 e. The number of piperazine rings is 1. The van der Waals surface area contributed by atoms with Gasteiger partial charge in [-0.15, -0.1) is 0 Å². The number of nitrogens with one attached hydrogen (secondary N) is 1. The molecule has 3 aromatic rings. The molecule has 8 nitrogen and oxygen atoms in total. The number of methoxy groups -OCH3 is 1. The second-order valence-electron chi connectivity index (χ2n) is 10.1. The molecule has 1 unspecified atom stereocenters. The fourth-order valence-electron chi connectivity index (χ4n) is 5.31. The molecule has 0 saturated carbocycles. The number of pyridine rings is 1. The second-order valence-corrected chi connectivity index (χ2v) is 10.6. The third-order valence-corrected chi connectivity index (χ3v) is 7.46. The molecule has 1 N–H and O–H groups in total. The van der Waals surface area contributed by atoms with Gasteiger partial charge in [-0.05, 0) is 73.9 Å². The molecule has 0 bridgehead atoms. The first-order valence-electron chi connectivity index (χ1n) is 13.2. The molecule has 1 saturated heterocycles. The Balaban J connectivity index is 1.56. The van der Waals surface area contributed by atoms with E-state index in [2.05, 4.69) is 5.32 Å². The maximum Gasteiger partial charge on any atom is 0.237 e. The molecule has 204 valence electrons. The number of carbonyl (C=O) groups is 2. The van der Waals surface area contributed by atoms with Crippen LogP contribution in [0, 0.1) is 0 Å². The average molecular weight is 549 g/mol. The quantitative estimate of drug-likeness (QED) is 0.461. The largest absolute Gasteiger partial charge is 0.493 e. The summed E-state index contributed by atoms with van der Waals surface area (Å²) in [6.45, 7) is 7.63. The van der Waals surface area contributed by atoms with Crippen molar-refractivity contribution in [3.05, 3.63) is 82.1 Å². The number of carbonyl (C=O) groups excluding carboxylic acids is 2. The first-order valence-corrected chi connectivity index (χ1v) is 13.6. The monoisotopic (exact) mass is 548 g/mol. The van der Waals surface area contributed by atoms with Crippen molar-refractivity contribution in [1.82, 2.24) is 15.2 Å². The van der Waals surface area contributed by atoms with E-state index < -0.39 is 6.04 Å². The zero-order valence-electron chi connectivity index (χ0n) is 22.6. The smallest absolute Gasteiger partial charge is 0.237 e. The predicted octanol–water partition coefficient (Wildman–Crippen LogP) is 4.70. The van der Waals surface area contributed by atoms with Crippen LogP contribution in [0.1, 0.15) is 55.2 Å². The number of fused-ring (bicyclic) bond motifs is 1. The highest BCUT2D eigenvalue weighted by Crippen LogP contribution is 2.43. The average Bonchev–Trinajstić information content (AvgIpc) is 2.92. The normalized spacial score (nSPS) is 18.3. The van der Waals surface area contributed by atoms with Gasteiger partial charge in [-0.1, -0.05) is 23.7 Å². The minimum absolute atomic E-state index is 0.0476. The minimum atomic E-state index is -0.418. The molecule has 1 fully saturated rings. The molecule has 2 aliphatic heterocycles. The number of hydrogen-bond acceptors (Lipinski definition) is 6. The number of amides is 2. The SMILES string of the molecule is COc1cc2c(cc1OC(C)C)[C@H](c1ccc(Cl)cc1)N(c1ccc(C(C)N3CCNCC3=O)nc1)C(=O)C2. The molecule has 0 spiro atoms. The Labute approximate surface area is 233 Å². The number of halogens is 1. The fourth-order valence-corrected chi connectivity index (χ4v) is 5.43. The predicted molar refractivity (Wildman–Crippen MR) is 150 cm³/mol. The number of nitrogens with zero attached hydrogens (tertiary/aromatic N) is 3. The molecular formula is C30H33ClN4O4. The van der Waals surface area contributed by atoms with Crippen LogP contribution in [-0.2, 0) is 16.0 Å². The van der Waals surface area contributed by atoms with Crippen molar-refractivity contribution in [1.29, 1.82) is 0 Å². The van der Waals surface area contributed by atoms with Crippen molar-refractivity contribution in [3.8, 4) is 11.5 Å². The van der Waals surface area contributed by atoms with Crippen molar-refractivity contribution in [3.63, 3.8) is 0 Å². The molecule has 9 heteroatoms. The maximum atomic E-state index is 13.7. The molecular weight excluding hydrogens is 516 g/mol. The number of ether oxygens (including phenoxy) is 2. The lowest BCUT2D eigenvalue weighted by Crippen LogP contribution is -2.49. The Morgan fingerprint density at radius 3 is 2.44 bits per heavy atom. The van der Waals surface area contributed by atoms with Gasteiger partial charge >= 0.3 is 0 Å². The lowest BCUT2D eigenvalue weighted by Gasteiger charge is -2.38. The molecule has 2 aromatic carbocycles. The summed E-state index contributed by atoms with van der Waals surface area (Å²) in [6.07, 6.45) is 1.89. The highest BCUT2D eigenvalue weighted by atomic mass is 35.5. The van der Waals surface area contributed by atoms with Crippen LogP contribution < -0.4 is 19.7 Å². The van der Waals surface area contributed by atoms with Crippen molar-refractivity contribution in [2.45, 2.75) is 45.4 Å². The molecule has 5 rings (SSSR count). The van der Waals surface area contributed by atoms with E-state index in [1.165, 1.54) is 0 Å². The van der Waals surface area contributed by atoms with Crippen LogP contribution in [0.4, 0.5) is 5.69 Å². The van der Waals surface area contributed by atoms with E-state index in [1.54, 1.807) is 18.2 Å². The van der Waals surface area contributed by atoms with Gasteiger partial charge < -0.3 is 19.7 Å². The van der Waals surface area contributed by atoms with Gasteiger partial charge in [0.2, 0.25) is 11.8 Å². The van der Waals surface area contributed by atoms with Crippen LogP contribution in [0.15, 0.2) is 54.7 Å². The number of hydrogen-bond donors (Lipinski definition) is 1. The van der Waals surface area contributed by atoms with Crippen LogP contribution in [0.5, 0.6) is 11.5 Å². The van der Waals surface area contributed by atoms with Gasteiger partial charge in [0.15, 0.2) is 11.5 Å². The summed E-state index contributed by atoms with van der Waals surface area (Å²) in [6, 6.07) is 14.6. The van der Waals surface area contributed by atoms with Crippen LogP contribution in [0.2, 0.25) is 5.02 Å². The lowest BCUT2D eigenvalue weighted by molar-refractivity contribution is -0.134. The van der Waals surface area contributed by atoms with Crippen LogP contribution in [0.3, 0.4) is 0 Å². The Bertz CT molecular complexity index is 1360. The molecule has 1 aromatic heterocycles. The van der Waals surface area contributed by atoms with Crippen LogP contribution in [0.25, 0.3) is 0 Å². The third kappa shape index (κ3) is 5.44. The highest BCUT2D eigenvalue weighted by Gasteiger charge is 2.36. The summed E-state index contributed by atoms with van der Waals surface area (Å²) >= 11 is 6.22. The van der Waals surface area contributed by atoms with Gasteiger partial charge in [-0.25, -0.2) is 0 Å². The van der Waals surface area contributed by atoms with Gasteiger partial charge in [-0.3, -0.25) is 19.5 Å². The summed E-state index contributed by atoms with van der Waals surface area (Å²) in [7, 11) is 1.60. The first kappa shape index (κ1) is 27.0. The van der Waals surface area contributed by atoms with Crippen molar-refractivity contribution >= 4 is 29.1 Å². The molecule has 2 atom stereocenters. The third-order valence-electron chi connectivity index (χ3n) is 7.21. The van der Waals surface area contributed by atoms with Gasteiger partial charge in [0, 0.05) is 18.1 Å². The lowest BCUT2D eigenvalue weighted by atomic mass is 9.87. The zero-order chi connectivity index (χ0) is 27.7. The Morgan fingerprint density at radius 2 is 1.79 bits per heavy atom. The first-order chi connectivity index (χ1) is 18.8. The molecule has 39 heavy (non-hydrogen) atoms. The molecule has 2 aliphatic rings. The Kier molecular flexibility index (Phi) is 7.77. The standard InChI is InChI=1S/C30H33ClN4O4/c1-18(2)39-27-15-24-21(13-26(27)38-4)14-28(36)35(30(24)20-5-7-22(31)8-6-20)23-9-10-25(33-16-23)19(3)34-12-11-32-17-29(34)37/h5-10,13,15-16,18-19,30,32H,11-12,14,17H2,1-4H3/t19?,30-/m0/s1. The molecule has 2 amide bonds. The topological polar surface area (TPSA) is 84.0 Å². The van der Waals surface area contributed by atoms with Crippen molar-refractivity contribution in [2.75, 3.05) is 31.6 Å². The summed E-state index contributed by atoms with van der Waals surface area (Å²) in [5.41, 5.74) is 4.21. The number of rotatable bonds is 7. The van der Waals surface area contributed by atoms with Crippen LogP contribution in [-0.4, -0.2) is 54.5 Å². The Hall–Kier alpha value is -3.62.